The summed E-state index contributed by atoms with van der Waals surface area (Å²) in [6.07, 6.45) is 7.43. The average Bonchev–Trinajstić information content (AvgIpc) is 2.65. The minimum Gasteiger partial charge on any atom is -0.376 e. The van der Waals surface area contributed by atoms with Crippen molar-refractivity contribution in [2.45, 2.75) is 50.7 Å². The molecule has 2 aliphatic rings. The summed E-state index contributed by atoms with van der Waals surface area (Å²) in [5.74, 6) is 6.29. The van der Waals surface area contributed by atoms with Crippen molar-refractivity contribution >= 4 is 5.84 Å². The molecule has 1 saturated heterocycles. The predicted molar refractivity (Wildman–Crippen MR) is 66.8 cm³/mol. The fourth-order valence-corrected chi connectivity index (χ4v) is 2.44. The van der Waals surface area contributed by atoms with Gasteiger partial charge >= 0.3 is 0 Å². The highest BCUT2D eigenvalue weighted by Crippen LogP contribution is 2.20. The van der Waals surface area contributed by atoms with E-state index in [1.807, 2.05) is 0 Å². The van der Waals surface area contributed by atoms with Crippen LogP contribution in [0.5, 0.6) is 0 Å². The highest BCUT2D eigenvalue weighted by molar-refractivity contribution is 5.86. The molecule has 0 aromatic heterocycles. The molecule has 0 aromatic rings. The molecule has 1 saturated carbocycles. The van der Waals surface area contributed by atoms with E-state index in [2.05, 4.69) is 5.43 Å². The number of amidine groups is 1. The van der Waals surface area contributed by atoms with Gasteiger partial charge in [-0.15, -0.1) is 0 Å². The van der Waals surface area contributed by atoms with E-state index >= 15 is 0 Å². The molecule has 98 valence electrons. The summed E-state index contributed by atoms with van der Waals surface area (Å²) < 4.78 is 11.0. The first-order chi connectivity index (χ1) is 8.40. The molecule has 0 bridgehead atoms. The van der Waals surface area contributed by atoms with Crippen LogP contribution < -0.4 is 11.3 Å². The Morgan fingerprint density at radius 2 is 1.88 bits per heavy atom. The third-order valence-electron chi connectivity index (χ3n) is 3.42. The summed E-state index contributed by atoms with van der Waals surface area (Å²) in [4.78, 5) is 4.71. The van der Waals surface area contributed by atoms with Crippen molar-refractivity contribution in [1.29, 1.82) is 0 Å². The van der Waals surface area contributed by atoms with Gasteiger partial charge in [0.15, 0.2) is 0 Å². The van der Waals surface area contributed by atoms with Gasteiger partial charge in [-0.1, -0.05) is 25.7 Å². The second kappa shape index (κ2) is 6.93. The monoisotopic (exact) mass is 241 g/mol. The number of nitrogens with two attached hydrogens (primary N) is 1. The maximum atomic E-state index is 5.61. The zero-order valence-electron chi connectivity index (χ0n) is 10.4. The van der Waals surface area contributed by atoms with Crippen LogP contribution >= 0.6 is 0 Å². The fourth-order valence-electron chi connectivity index (χ4n) is 2.44. The summed E-state index contributed by atoms with van der Waals surface area (Å²) in [5, 5.41) is 0. The van der Waals surface area contributed by atoms with Crippen molar-refractivity contribution in [3.05, 3.63) is 0 Å². The number of hydrogen-bond donors (Lipinski definition) is 2. The molecule has 5 heteroatoms. The first-order valence-electron chi connectivity index (χ1n) is 6.64. The number of nitrogens with one attached hydrogen (secondary N) is 1. The minimum atomic E-state index is -0.114. The van der Waals surface area contributed by atoms with Gasteiger partial charge in [-0.25, -0.2) is 5.84 Å². The summed E-state index contributed by atoms with van der Waals surface area (Å²) in [6.45, 7) is 1.84. The van der Waals surface area contributed by atoms with Crippen LogP contribution in [0.2, 0.25) is 0 Å². The van der Waals surface area contributed by atoms with Crippen LogP contribution in [0.1, 0.15) is 38.5 Å². The minimum absolute atomic E-state index is 0.114. The number of nitrogens with zero attached hydrogens (tertiary/aromatic N) is 1. The van der Waals surface area contributed by atoms with E-state index in [1.54, 1.807) is 0 Å². The van der Waals surface area contributed by atoms with Gasteiger partial charge in [0.2, 0.25) is 0 Å². The van der Waals surface area contributed by atoms with Gasteiger partial charge in [-0.3, -0.25) is 4.99 Å². The lowest BCUT2D eigenvalue weighted by Gasteiger charge is -2.25. The Hall–Kier alpha value is -0.650. The van der Waals surface area contributed by atoms with Crippen LogP contribution in [0.3, 0.4) is 0 Å². The molecular weight excluding hydrogens is 218 g/mol. The summed E-state index contributed by atoms with van der Waals surface area (Å²) >= 11 is 0. The molecule has 17 heavy (non-hydrogen) atoms. The summed E-state index contributed by atoms with van der Waals surface area (Å²) in [7, 11) is 0. The van der Waals surface area contributed by atoms with Crippen LogP contribution in [0, 0.1) is 0 Å². The molecule has 1 aliphatic heterocycles. The lowest BCUT2D eigenvalue weighted by Crippen LogP contribution is -2.46. The Morgan fingerprint density at radius 1 is 1.12 bits per heavy atom. The van der Waals surface area contributed by atoms with Gasteiger partial charge in [0.05, 0.1) is 25.9 Å². The van der Waals surface area contributed by atoms with Crippen LogP contribution in [-0.2, 0) is 9.47 Å². The molecule has 0 radical (unpaired) electrons. The van der Waals surface area contributed by atoms with Gasteiger partial charge in [0.25, 0.3) is 0 Å². The van der Waals surface area contributed by atoms with Crippen LogP contribution in [0.15, 0.2) is 4.99 Å². The van der Waals surface area contributed by atoms with Crippen molar-refractivity contribution in [2.75, 3.05) is 19.8 Å². The zero-order valence-corrected chi connectivity index (χ0v) is 10.4. The first kappa shape index (κ1) is 12.8. The normalized spacial score (nSPS) is 28.8. The molecular formula is C12H23N3O2. The van der Waals surface area contributed by atoms with E-state index in [9.17, 15) is 0 Å². The largest absolute Gasteiger partial charge is 0.376 e. The number of hydrogen-bond acceptors (Lipinski definition) is 4. The smallest absolute Gasteiger partial charge is 0.143 e. The van der Waals surface area contributed by atoms with Gasteiger partial charge in [0, 0.05) is 0 Å². The average molecular weight is 241 g/mol. The van der Waals surface area contributed by atoms with Crippen molar-refractivity contribution < 1.29 is 9.47 Å². The molecule has 0 amide bonds. The fraction of sp³-hybridized carbons (Fsp3) is 0.917. The van der Waals surface area contributed by atoms with Crippen molar-refractivity contribution in [3.63, 3.8) is 0 Å². The third kappa shape index (κ3) is 3.94. The lowest BCUT2D eigenvalue weighted by atomic mass is 10.1. The number of aliphatic imine (C=N–C) groups is 1. The SMILES string of the molecule is NNC(=NC1CCCCCC1)C1COCCO1. The Labute approximate surface area is 103 Å². The van der Waals surface area contributed by atoms with E-state index in [1.165, 1.54) is 38.5 Å². The van der Waals surface area contributed by atoms with Crippen LogP contribution in [0.4, 0.5) is 0 Å². The van der Waals surface area contributed by atoms with E-state index in [4.69, 9.17) is 20.3 Å². The van der Waals surface area contributed by atoms with Crippen LogP contribution in [0.25, 0.3) is 0 Å². The van der Waals surface area contributed by atoms with E-state index in [-0.39, 0.29) is 6.10 Å². The highest BCUT2D eigenvalue weighted by atomic mass is 16.6. The molecule has 2 fully saturated rings. The Bertz CT molecular complexity index is 244. The van der Waals surface area contributed by atoms with Crippen molar-refractivity contribution in [3.8, 4) is 0 Å². The molecule has 5 nitrogen and oxygen atoms in total. The second-order valence-corrected chi connectivity index (χ2v) is 4.74. The van der Waals surface area contributed by atoms with E-state index < -0.39 is 0 Å². The van der Waals surface area contributed by atoms with E-state index in [0.717, 1.165) is 5.84 Å². The van der Waals surface area contributed by atoms with Crippen molar-refractivity contribution in [1.82, 2.24) is 5.43 Å². The van der Waals surface area contributed by atoms with Gasteiger partial charge in [0.1, 0.15) is 11.9 Å². The standard InChI is InChI=1S/C12H23N3O2/c13-15-12(11-9-16-7-8-17-11)14-10-5-3-1-2-4-6-10/h10-11H,1-9,13H2,(H,14,15). The molecule has 1 aliphatic carbocycles. The zero-order chi connectivity index (χ0) is 11.9. The molecule has 0 spiro atoms. The molecule has 3 N–H and O–H groups in total. The Morgan fingerprint density at radius 3 is 2.47 bits per heavy atom. The Kier molecular flexibility index (Phi) is 5.22. The van der Waals surface area contributed by atoms with E-state index in [0.29, 0.717) is 25.9 Å². The predicted octanol–water partition coefficient (Wildman–Crippen LogP) is 0.986. The molecule has 1 atom stereocenters. The number of hydrazine groups is 1. The highest BCUT2D eigenvalue weighted by Gasteiger charge is 2.21. The quantitative estimate of drug-likeness (QED) is 0.249. The topological polar surface area (TPSA) is 68.9 Å². The second-order valence-electron chi connectivity index (χ2n) is 4.74. The molecule has 2 rings (SSSR count). The Balaban J connectivity index is 1.94. The molecule has 1 heterocycles. The summed E-state index contributed by atoms with van der Waals surface area (Å²) in [6, 6.07) is 0.397. The van der Waals surface area contributed by atoms with Gasteiger partial charge in [-0.05, 0) is 12.8 Å². The van der Waals surface area contributed by atoms with Gasteiger partial charge in [-0.2, -0.15) is 0 Å². The van der Waals surface area contributed by atoms with Gasteiger partial charge < -0.3 is 14.9 Å². The summed E-state index contributed by atoms with van der Waals surface area (Å²) in [5.41, 5.74) is 2.68. The first-order valence-corrected chi connectivity index (χ1v) is 6.64. The van der Waals surface area contributed by atoms with Crippen LogP contribution in [-0.4, -0.2) is 37.8 Å². The lowest BCUT2D eigenvalue weighted by molar-refractivity contribution is -0.0607. The maximum Gasteiger partial charge on any atom is 0.143 e. The third-order valence-corrected chi connectivity index (χ3v) is 3.42. The maximum absolute atomic E-state index is 5.61. The molecule has 1 unspecified atom stereocenters. The number of rotatable bonds is 2. The number of ether oxygens (including phenoxy) is 2. The van der Waals surface area contributed by atoms with Crippen molar-refractivity contribution in [2.24, 2.45) is 10.8 Å². The molecule has 0 aromatic carbocycles.